The molecule has 4 heterocycles. The molecule has 0 aliphatic carbocycles. The van der Waals surface area contributed by atoms with Crippen molar-refractivity contribution in [2.24, 2.45) is 0 Å². The Bertz CT molecular complexity index is 885. The van der Waals surface area contributed by atoms with E-state index in [1.807, 2.05) is 18.6 Å². The number of nitrogens with zero attached hydrogens (tertiary/aromatic N) is 5. The average molecular weight is 336 g/mol. The fourth-order valence-corrected chi connectivity index (χ4v) is 3.62. The van der Waals surface area contributed by atoms with Gasteiger partial charge in [0.2, 0.25) is 5.95 Å². The van der Waals surface area contributed by atoms with Crippen molar-refractivity contribution in [1.82, 2.24) is 19.4 Å². The lowest BCUT2D eigenvalue weighted by Gasteiger charge is -2.33. The van der Waals surface area contributed by atoms with E-state index in [-0.39, 0.29) is 0 Å². The minimum atomic E-state index is 0.335. The minimum absolute atomic E-state index is 0.335. The van der Waals surface area contributed by atoms with E-state index in [0.717, 1.165) is 37.4 Å². The van der Waals surface area contributed by atoms with E-state index < -0.39 is 0 Å². The molecule has 2 N–H and O–H groups in total. The Kier molecular flexibility index (Phi) is 4.03. The highest BCUT2D eigenvalue weighted by molar-refractivity contribution is 5.54. The monoisotopic (exact) mass is 336 g/mol. The van der Waals surface area contributed by atoms with Gasteiger partial charge in [-0.25, -0.2) is 9.97 Å². The average Bonchev–Trinajstić information content (AvgIpc) is 3.05. The fourth-order valence-electron chi connectivity index (χ4n) is 3.62. The van der Waals surface area contributed by atoms with Crippen LogP contribution >= 0.6 is 0 Å². The van der Waals surface area contributed by atoms with Gasteiger partial charge in [-0.15, -0.1) is 0 Å². The Balaban J connectivity index is 1.63. The summed E-state index contributed by atoms with van der Waals surface area (Å²) in [5.74, 6) is 2.03. The van der Waals surface area contributed by atoms with Gasteiger partial charge in [-0.2, -0.15) is 4.98 Å². The number of fused-ring (bicyclic) bond motifs is 1. The molecule has 1 aliphatic rings. The molecular weight excluding hydrogens is 312 g/mol. The van der Waals surface area contributed by atoms with Crippen molar-refractivity contribution >= 4 is 17.3 Å². The van der Waals surface area contributed by atoms with Gasteiger partial charge in [-0.3, -0.25) is 0 Å². The number of nitrogens with two attached hydrogens (primary N) is 1. The Morgan fingerprint density at radius 3 is 2.96 bits per heavy atom. The molecule has 3 aromatic heterocycles. The molecule has 0 radical (unpaired) electrons. The third-order valence-electron chi connectivity index (χ3n) is 4.95. The van der Waals surface area contributed by atoms with Crippen LogP contribution in [0.1, 0.15) is 49.9 Å². The van der Waals surface area contributed by atoms with E-state index in [1.54, 1.807) is 0 Å². The first-order valence-electron chi connectivity index (χ1n) is 8.93. The van der Waals surface area contributed by atoms with Crippen LogP contribution in [0.2, 0.25) is 0 Å². The molecule has 1 unspecified atom stereocenters. The lowest BCUT2D eigenvalue weighted by atomic mass is 9.94. The number of rotatable bonds is 3. The predicted molar refractivity (Wildman–Crippen MR) is 99.9 cm³/mol. The molecule has 0 saturated carbocycles. The molecule has 130 valence electrons. The highest BCUT2D eigenvalue weighted by atomic mass is 15.2. The largest absolute Gasteiger partial charge is 0.368 e. The van der Waals surface area contributed by atoms with Crippen LogP contribution in [0.15, 0.2) is 36.8 Å². The Morgan fingerprint density at radius 1 is 1.24 bits per heavy atom. The summed E-state index contributed by atoms with van der Waals surface area (Å²) in [6.45, 7) is 6.16. The molecule has 1 fully saturated rings. The molecule has 1 aliphatic heterocycles. The van der Waals surface area contributed by atoms with Gasteiger partial charge in [0.1, 0.15) is 5.82 Å². The van der Waals surface area contributed by atoms with Gasteiger partial charge in [-0.1, -0.05) is 19.9 Å². The highest BCUT2D eigenvalue weighted by Crippen LogP contribution is 2.31. The van der Waals surface area contributed by atoms with Gasteiger partial charge in [0.15, 0.2) is 0 Å². The van der Waals surface area contributed by atoms with Gasteiger partial charge >= 0.3 is 0 Å². The third-order valence-corrected chi connectivity index (χ3v) is 4.95. The summed E-state index contributed by atoms with van der Waals surface area (Å²) in [5, 5.41) is 0. The molecule has 25 heavy (non-hydrogen) atoms. The van der Waals surface area contributed by atoms with Gasteiger partial charge in [0.25, 0.3) is 0 Å². The maximum Gasteiger partial charge on any atom is 0.222 e. The van der Waals surface area contributed by atoms with Crippen molar-refractivity contribution in [3.8, 4) is 0 Å². The molecule has 0 bridgehead atoms. The van der Waals surface area contributed by atoms with Gasteiger partial charge < -0.3 is 15.0 Å². The zero-order valence-corrected chi connectivity index (χ0v) is 14.8. The molecular formula is C19H24N6. The molecule has 0 amide bonds. The number of piperidine rings is 1. The second kappa shape index (κ2) is 6.35. The topological polar surface area (TPSA) is 72.3 Å². The van der Waals surface area contributed by atoms with Crippen LogP contribution < -0.4 is 10.6 Å². The molecule has 6 nitrogen and oxygen atoms in total. The summed E-state index contributed by atoms with van der Waals surface area (Å²) in [6.07, 6.45) is 6.22. The lowest BCUT2D eigenvalue weighted by Crippen LogP contribution is -2.35. The quantitative estimate of drug-likeness (QED) is 0.795. The van der Waals surface area contributed by atoms with E-state index in [0.29, 0.717) is 17.8 Å². The lowest BCUT2D eigenvalue weighted by molar-refractivity contribution is 0.502. The maximum absolute atomic E-state index is 5.94. The molecule has 0 spiro atoms. The van der Waals surface area contributed by atoms with Crippen LogP contribution in [0.4, 0.5) is 11.8 Å². The smallest absolute Gasteiger partial charge is 0.222 e. The summed E-state index contributed by atoms with van der Waals surface area (Å²) < 4.78 is 2.09. The molecule has 4 rings (SSSR count). The van der Waals surface area contributed by atoms with Crippen molar-refractivity contribution in [3.05, 3.63) is 48.2 Å². The summed E-state index contributed by atoms with van der Waals surface area (Å²) >= 11 is 0. The summed E-state index contributed by atoms with van der Waals surface area (Å²) in [4.78, 5) is 15.9. The van der Waals surface area contributed by atoms with Crippen LogP contribution in [0.25, 0.3) is 5.52 Å². The molecule has 6 heteroatoms. The fraction of sp³-hybridized carbons (Fsp3) is 0.421. The van der Waals surface area contributed by atoms with E-state index in [2.05, 4.69) is 56.3 Å². The zero-order valence-electron chi connectivity index (χ0n) is 14.8. The second-order valence-corrected chi connectivity index (χ2v) is 7.07. The van der Waals surface area contributed by atoms with Crippen LogP contribution in [0, 0.1) is 0 Å². The number of nitrogen functional groups attached to an aromatic ring is 1. The van der Waals surface area contributed by atoms with E-state index in [1.165, 1.54) is 11.2 Å². The van der Waals surface area contributed by atoms with Crippen molar-refractivity contribution in [2.45, 2.75) is 38.5 Å². The normalized spacial score (nSPS) is 18.2. The van der Waals surface area contributed by atoms with Crippen molar-refractivity contribution in [3.63, 3.8) is 0 Å². The molecule has 1 atom stereocenters. The first kappa shape index (κ1) is 15.9. The number of anilines is 2. The van der Waals surface area contributed by atoms with Gasteiger partial charge in [0, 0.05) is 31.3 Å². The molecule has 1 saturated heterocycles. The van der Waals surface area contributed by atoms with Crippen molar-refractivity contribution in [2.75, 3.05) is 23.7 Å². The van der Waals surface area contributed by atoms with E-state index in [4.69, 9.17) is 5.73 Å². The first-order chi connectivity index (χ1) is 12.1. The maximum atomic E-state index is 5.94. The number of hydrogen-bond donors (Lipinski definition) is 1. The number of aromatic nitrogens is 4. The van der Waals surface area contributed by atoms with Crippen molar-refractivity contribution < 1.29 is 0 Å². The number of imidazole rings is 1. The summed E-state index contributed by atoms with van der Waals surface area (Å²) in [6, 6.07) is 8.32. The predicted octanol–water partition coefficient (Wildman–Crippen LogP) is 3.21. The second-order valence-electron chi connectivity index (χ2n) is 7.07. The Morgan fingerprint density at radius 2 is 2.12 bits per heavy atom. The van der Waals surface area contributed by atoms with Crippen molar-refractivity contribution in [1.29, 1.82) is 0 Å². The summed E-state index contributed by atoms with van der Waals surface area (Å²) in [5.41, 5.74) is 9.31. The molecule has 0 aromatic carbocycles. The summed E-state index contributed by atoms with van der Waals surface area (Å²) in [7, 11) is 0. The Hall–Kier alpha value is -2.63. The highest BCUT2D eigenvalue weighted by Gasteiger charge is 2.26. The van der Waals surface area contributed by atoms with Crippen LogP contribution in [0.5, 0.6) is 0 Å². The van der Waals surface area contributed by atoms with Crippen LogP contribution in [-0.2, 0) is 0 Å². The van der Waals surface area contributed by atoms with Crippen LogP contribution in [0.3, 0.4) is 0 Å². The van der Waals surface area contributed by atoms with E-state index >= 15 is 0 Å². The van der Waals surface area contributed by atoms with Gasteiger partial charge in [0.05, 0.1) is 23.2 Å². The number of pyridine rings is 1. The number of hydrogen-bond acceptors (Lipinski definition) is 5. The zero-order chi connectivity index (χ0) is 17.4. The first-order valence-corrected chi connectivity index (χ1v) is 8.93. The van der Waals surface area contributed by atoms with Crippen LogP contribution in [-0.4, -0.2) is 32.4 Å². The minimum Gasteiger partial charge on any atom is -0.368 e. The Labute approximate surface area is 147 Å². The standard InChI is InChI=1S/C19H24N6/c1-13(2)15-10-17(23-19(20)22-15)24-9-5-6-14(11-24)18-16-7-3-4-8-25(16)12-21-18/h3-4,7-8,10,12-14H,5-6,9,11H2,1-2H3,(H2,20,22,23). The molecule has 3 aromatic rings. The third kappa shape index (κ3) is 3.04. The van der Waals surface area contributed by atoms with Gasteiger partial charge in [-0.05, 0) is 30.9 Å². The SMILES string of the molecule is CC(C)c1cc(N2CCCC(c3ncn4ccccc34)C2)nc(N)n1. The van der Waals surface area contributed by atoms with E-state index in [9.17, 15) is 0 Å².